The van der Waals surface area contributed by atoms with E-state index >= 15 is 0 Å². The second-order valence-corrected chi connectivity index (χ2v) is 4.66. The molecule has 2 rings (SSSR count). The van der Waals surface area contributed by atoms with Gasteiger partial charge in [0.15, 0.2) is 0 Å². The Morgan fingerprint density at radius 2 is 2.25 bits per heavy atom. The van der Waals surface area contributed by atoms with Gasteiger partial charge in [-0.15, -0.1) is 0 Å². The minimum Gasteiger partial charge on any atom is -0.350 e. The molecule has 0 aromatic rings. The SMILES string of the molecule is CC1NCCCC1NC(=O)[C@H]1CCC(=O)N1. The van der Waals surface area contributed by atoms with E-state index in [4.69, 9.17) is 0 Å². The molecule has 2 saturated heterocycles. The van der Waals surface area contributed by atoms with Crippen LogP contribution in [0.2, 0.25) is 0 Å². The Bertz CT molecular complexity index is 293. The summed E-state index contributed by atoms with van der Waals surface area (Å²) in [5.74, 6) is -0.0543. The summed E-state index contributed by atoms with van der Waals surface area (Å²) >= 11 is 0. The van der Waals surface area contributed by atoms with E-state index in [1.54, 1.807) is 0 Å². The Balaban J connectivity index is 1.84. The van der Waals surface area contributed by atoms with Crippen molar-refractivity contribution in [3.63, 3.8) is 0 Å². The van der Waals surface area contributed by atoms with Crippen LogP contribution in [0.4, 0.5) is 0 Å². The maximum absolute atomic E-state index is 11.9. The number of amides is 2. The van der Waals surface area contributed by atoms with Gasteiger partial charge in [0.05, 0.1) is 0 Å². The summed E-state index contributed by atoms with van der Waals surface area (Å²) in [6, 6.07) is 0.190. The second kappa shape index (κ2) is 4.82. The van der Waals surface area contributed by atoms with Gasteiger partial charge >= 0.3 is 0 Å². The van der Waals surface area contributed by atoms with E-state index in [-0.39, 0.29) is 23.9 Å². The van der Waals surface area contributed by atoms with Crippen molar-refractivity contribution >= 4 is 11.8 Å². The van der Waals surface area contributed by atoms with E-state index in [0.717, 1.165) is 19.4 Å². The van der Waals surface area contributed by atoms with Crippen molar-refractivity contribution in [2.24, 2.45) is 0 Å². The third kappa shape index (κ3) is 2.52. The van der Waals surface area contributed by atoms with Crippen molar-refractivity contribution < 1.29 is 9.59 Å². The zero-order valence-electron chi connectivity index (χ0n) is 9.58. The van der Waals surface area contributed by atoms with Gasteiger partial charge in [0.2, 0.25) is 11.8 Å². The minimum atomic E-state index is -0.318. The Morgan fingerprint density at radius 1 is 1.44 bits per heavy atom. The molecule has 2 unspecified atom stereocenters. The van der Waals surface area contributed by atoms with Gasteiger partial charge in [-0.25, -0.2) is 0 Å². The average molecular weight is 225 g/mol. The fraction of sp³-hybridized carbons (Fsp3) is 0.818. The molecule has 3 N–H and O–H groups in total. The highest BCUT2D eigenvalue weighted by molar-refractivity contribution is 5.90. The zero-order valence-corrected chi connectivity index (χ0v) is 9.58. The van der Waals surface area contributed by atoms with Gasteiger partial charge in [-0.3, -0.25) is 9.59 Å². The largest absolute Gasteiger partial charge is 0.350 e. The van der Waals surface area contributed by atoms with Crippen molar-refractivity contribution in [2.45, 2.75) is 50.7 Å². The molecule has 2 heterocycles. The highest BCUT2D eigenvalue weighted by Crippen LogP contribution is 2.11. The number of hydrogen-bond acceptors (Lipinski definition) is 3. The van der Waals surface area contributed by atoms with Crippen LogP contribution < -0.4 is 16.0 Å². The molecule has 2 aliphatic heterocycles. The van der Waals surface area contributed by atoms with E-state index in [1.165, 1.54) is 0 Å². The lowest BCUT2D eigenvalue weighted by Crippen LogP contribution is -2.55. The van der Waals surface area contributed by atoms with Crippen LogP contribution in [0.1, 0.15) is 32.6 Å². The monoisotopic (exact) mass is 225 g/mol. The molecule has 0 aromatic carbocycles. The minimum absolute atomic E-state index is 0.0185. The van der Waals surface area contributed by atoms with Gasteiger partial charge in [0.1, 0.15) is 6.04 Å². The van der Waals surface area contributed by atoms with Gasteiger partial charge in [-0.1, -0.05) is 0 Å². The van der Waals surface area contributed by atoms with Crippen LogP contribution in [0.5, 0.6) is 0 Å². The smallest absolute Gasteiger partial charge is 0.242 e. The van der Waals surface area contributed by atoms with Crippen molar-refractivity contribution in [3.8, 4) is 0 Å². The van der Waals surface area contributed by atoms with Crippen LogP contribution in [0.15, 0.2) is 0 Å². The molecule has 2 fully saturated rings. The van der Waals surface area contributed by atoms with E-state index in [9.17, 15) is 9.59 Å². The van der Waals surface area contributed by atoms with Crippen LogP contribution >= 0.6 is 0 Å². The summed E-state index contributed by atoms with van der Waals surface area (Å²) in [5.41, 5.74) is 0. The van der Waals surface area contributed by atoms with Crippen molar-refractivity contribution in [2.75, 3.05) is 6.54 Å². The van der Waals surface area contributed by atoms with Gasteiger partial charge in [0, 0.05) is 18.5 Å². The summed E-state index contributed by atoms with van der Waals surface area (Å²) in [5, 5.41) is 9.04. The van der Waals surface area contributed by atoms with E-state index < -0.39 is 0 Å². The number of hydrogen-bond donors (Lipinski definition) is 3. The fourth-order valence-corrected chi connectivity index (χ4v) is 2.34. The Hall–Kier alpha value is -1.10. The number of carbonyl (C=O) groups excluding carboxylic acids is 2. The molecule has 2 aliphatic rings. The first-order valence-electron chi connectivity index (χ1n) is 6.00. The van der Waals surface area contributed by atoms with Crippen LogP contribution in [-0.2, 0) is 9.59 Å². The maximum Gasteiger partial charge on any atom is 0.242 e. The predicted molar refractivity (Wildman–Crippen MR) is 59.8 cm³/mol. The summed E-state index contributed by atoms with van der Waals surface area (Å²) in [4.78, 5) is 22.9. The third-order valence-corrected chi connectivity index (χ3v) is 3.40. The molecule has 2 amide bonds. The second-order valence-electron chi connectivity index (χ2n) is 4.66. The first-order chi connectivity index (χ1) is 7.66. The Labute approximate surface area is 95.3 Å². The lowest BCUT2D eigenvalue weighted by atomic mass is 9.99. The lowest BCUT2D eigenvalue weighted by molar-refractivity contribution is -0.126. The molecule has 3 atom stereocenters. The predicted octanol–water partition coefficient (Wildman–Crippen LogP) is -0.478. The van der Waals surface area contributed by atoms with E-state index in [1.807, 2.05) is 0 Å². The lowest BCUT2D eigenvalue weighted by Gasteiger charge is -2.31. The van der Waals surface area contributed by atoms with Crippen LogP contribution in [-0.4, -0.2) is 36.5 Å². The topological polar surface area (TPSA) is 70.2 Å². The number of carbonyl (C=O) groups is 2. The summed E-state index contributed by atoms with van der Waals surface area (Å²) < 4.78 is 0. The van der Waals surface area contributed by atoms with Gasteiger partial charge in [-0.2, -0.15) is 0 Å². The average Bonchev–Trinajstić information content (AvgIpc) is 2.68. The zero-order chi connectivity index (χ0) is 11.5. The molecule has 0 radical (unpaired) electrons. The molecule has 0 bridgehead atoms. The first-order valence-corrected chi connectivity index (χ1v) is 6.00. The molecular formula is C11H19N3O2. The van der Waals surface area contributed by atoms with Crippen molar-refractivity contribution in [1.29, 1.82) is 0 Å². The fourth-order valence-electron chi connectivity index (χ4n) is 2.34. The highest BCUT2D eigenvalue weighted by atomic mass is 16.2. The molecule has 0 spiro atoms. The Kier molecular flexibility index (Phi) is 3.43. The quantitative estimate of drug-likeness (QED) is 0.594. The normalized spacial score (nSPS) is 34.6. The highest BCUT2D eigenvalue weighted by Gasteiger charge is 2.30. The van der Waals surface area contributed by atoms with Crippen LogP contribution in [0.25, 0.3) is 0 Å². The molecule has 0 saturated carbocycles. The molecule has 16 heavy (non-hydrogen) atoms. The molecule has 5 nitrogen and oxygen atoms in total. The van der Waals surface area contributed by atoms with Gasteiger partial charge in [-0.05, 0) is 32.7 Å². The van der Waals surface area contributed by atoms with Crippen molar-refractivity contribution in [1.82, 2.24) is 16.0 Å². The van der Waals surface area contributed by atoms with Crippen LogP contribution in [0.3, 0.4) is 0 Å². The van der Waals surface area contributed by atoms with E-state index in [0.29, 0.717) is 18.9 Å². The number of nitrogens with one attached hydrogen (secondary N) is 3. The standard InChI is InChI=1S/C11H19N3O2/c1-7-8(3-2-6-12-7)14-11(16)9-4-5-10(15)13-9/h7-9,12H,2-6H2,1H3,(H,13,15)(H,14,16)/t7?,8?,9-/m1/s1. The molecule has 90 valence electrons. The molecule has 0 aromatic heterocycles. The van der Waals surface area contributed by atoms with Gasteiger partial charge in [0.25, 0.3) is 0 Å². The number of piperidine rings is 1. The first kappa shape index (κ1) is 11.4. The van der Waals surface area contributed by atoms with Gasteiger partial charge < -0.3 is 16.0 Å². The maximum atomic E-state index is 11.9. The Morgan fingerprint density at radius 3 is 2.88 bits per heavy atom. The third-order valence-electron chi connectivity index (χ3n) is 3.40. The molecule has 0 aliphatic carbocycles. The van der Waals surface area contributed by atoms with E-state index in [2.05, 4.69) is 22.9 Å². The molecule has 5 heteroatoms. The molecular weight excluding hydrogens is 206 g/mol. The van der Waals surface area contributed by atoms with Crippen LogP contribution in [0, 0.1) is 0 Å². The van der Waals surface area contributed by atoms with Crippen molar-refractivity contribution in [3.05, 3.63) is 0 Å². The summed E-state index contributed by atoms with van der Waals surface area (Å²) in [6.45, 7) is 3.10. The summed E-state index contributed by atoms with van der Waals surface area (Å²) in [7, 11) is 0. The number of rotatable bonds is 2. The summed E-state index contributed by atoms with van der Waals surface area (Å²) in [6.07, 6.45) is 3.20.